The lowest BCUT2D eigenvalue weighted by Gasteiger charge is -2.12. The second kappa shape index (κ2) is 8.01. The fourth-order valence-electron chi connectivity index (χ4n) is 2.46. The smallest absolute Gasteiger partial charge is 0.261 e. The maximum Gasteiger partial charge on any atom is 0.261 e. The van der Waals surface area contributed by atoms with E-state index in [1.54, 1.807) is 49.6 Å². The molecule has 3 aromatic rings. The molecule has 0 aliphatic carbocycles. The predicted octanol–water partition coefficient (Wildman–Crippen LogP) is 3.12. The standard InChI is InChI=1S/C20H19N3O3S/c1-15-7-8-17(20(24)22-14-16-9-11-21-12-10-16)13-19(15)23-27(25,26)18-5-3-2-4-6-18/h2-13,23H,14H2,1H3,(H,22,24). The van der Waals surface area contributed by atoms with Gasteiger partial charge in [-0.1, -0.05) is 24.3 Å². The van der Waals surface area contributed by atoms with Gasteiger partial charge < -0.3 is 5.32 Å². The minimum absolute atomic E-state index is 0.164. The molecule has 1 amide bonds. The van der Waals surface area contributed by atoms with Gasteiger partial charge in [0.05, 0.1) is 10.6 Å². The van der Waals surface area contributed by atoms with Gasteiger partial charge >= 0.3 is 0 Å². The maximum atomic E-state index is 12.5. The molecule has 0 atom stereocenters. The molecular weight excluding hydrogens is 362 g/mol. The monoisotopic (exact) mass is 381 g/mol. The summed E-state index contributed by atoms with van der Waals surface area (Å²) in [4.78, 5) is 16.5. The van der Waals surface area contributed by atoms with E-state index in [0.29, 0.717) is 17.8 Å². The molecule has 0 spiro atoms. The van der Waals surface area contributed by atoms with Crippen LogP contribution in [0.3, 0.4) is 0 Å². The topological polar surface area (TPSA) is 88.2 Å². The lowest BCUT2D eigenvalue weighted by atomic mass is 10.1. The Balaban J connectivity index is 1.77. The summed E-state index contributed by atoms with van der Waals surface area (Å²) in [5.74, 6) is -0.285. The van der Waals surface area contributed by atoms with Gasteiger partial charge in [0.15, 0.2) is 0 Å². The van der Waals surface area contributed by atoms with Crippen LogP contribution >= 0.6 is 0 Å². The fraction of sp³-hybridized carbons (Fsp3) is 0.100. The summed E-state index contributed by atoms with van der Waals surface area (Å²) in [6.45, 7) is 2.14. The quantitative estimate of drug-likeness (QED) is 0.687. The molecule has 0 radical (unpaired) electrons. The molecule has 0 aliphatic heterocycles. The number of hydrogen-bond donors (Lipinski definition) is 2. The molecule has 1 aromatic heterocycles. The van der Waals surface area contributed by atoms with Crippen molar-refractivity contribution in [3.05, 3.63) is 89.7 Å². The lowest BCUT2D eigenvalue weighted by Crippen LogP contribution is -2.23. The van der Waals surface area contributed by atoms with Gasteiger partial charge in [-0.15, -0.1) is 0 Å². The van der Waals surface area contributed by atoms with E-state index in [0.717, 1.165) is 11.1 Å². The summed E-state index contributed by atoms with van der Waals surface area (Å²) in [7, 11) is -3.72. The van der Waals surface area contributed by atoms with Crippen LogP contribution in [0.15, 0.2) is 78.0 Å². The molecule has 2 N–H and O–H groups in total. The summed E-state index contributed by atoms with van der Waals surface area (Å²) in [5.41, 5.74) is 2.39. The molecule has 1 heterocycles. The van der Waals surface area contributed by atoms with Crippen molar-refractivity contribution in [3.8, 4) is 0 Å². The highest BCUT2D eigenvalue weighted by Gasteiger charge is 2.16. The SMILES string of the molecule is Cc1ccc(C(=O)NCc2ccncc2)cc1NS(=O)(=O)c1ccccc1. The van der Waals surface area contributed by atoms with Crippen LogP contribution in [0.1, 0.15) is 21.5 Å². The van der Waals surface area contributed by atoms with Crippen molar-refractivity contribution in [1.82, 2.24) is 10.3 Å². The predicted molar refractivity (Wildman–Crippen MR) is 104 cm³/mol. The summed E-state index contributed by atoms with van der Waals surface area (Å²) in [5, 5.41) is 2.81. The van der Waals surface area contributed by atoms with Crippen molar-refractivity contribution in [3.63, 3.8) is 0 Å². The number of amides is 1. The third kappa shape index (κ3) is 4.71. The normalized spacial score (nSPS) is 11.0. The molecule has 0 unspecified atom stereocenters. The van der Waals surface area contributed by atoms with Crippen molar-refractivity contribution in [1.29, 1.82) is 0 Å². The van der Waals surface area contributed by atoms with Gasteiger partial charge in [0, 0.05) is 24.5 Å². The highest BCUT2D eigenvalue weighted by molar-refractivity contribution is 7.92. The largest absolute Gasteiger partial charge is 0.348 e. The van der Waals surface area contributed by atoms with Gasteiger partial charge in [-0.2, -0.15) is 0 Å². The van der Waals surface area contributed by atoms with Crippen LogP contribution in [0, 0.1) is 6.92 Å². The van der Waals surface area contributed by atoms with E-state index in [-0.39, 0.29) is 10.8 Å². The summed E-state index contributed by atoms with van der Waals surface area (Å²) >= 11 is 0. The molecule has 0 aliphatic rings. The Hall–Kier alpha value is -3.19. The minimum Gasteiger partial charge on any atom is -0.348 e. The molecule has 0 fully saturated rings. The van der Waals surface area contributed by atoms with Crippen molar-refractivity contribution in [2.75, 3.05) is 4.72 Å². The van der Waals surface area contributed by atoms with Crippen molar-refractivity contribution in [2.24, 2.45) is 0 Å². The Bertz CT molecular complexity index is 1040. The number of anilines is 1. The number of rotatable bonds is 6. The number of carbonyl (C=O) groups is 1. The van der Waals surface area contributed by atoms with Crippen LogP contribution in [-0.4, -0.2) is 19.3 Å². The zero-order chi connectivity index (χ0) is 19.3. The molecular formula is C20H19N3O3S. The first-order chi connectivity index (χ1) is 13.0. The summed E-state index contributed by atoms with van der Waals surface area (Å²) in [6, 6.07) is 16.6. The second-order valence-electron chi connectivity index (χ2n) is 5.99. The van der Waals surface area contributed by atoms with Crippen molar-refractivity contribution < 1.29 is 13.2 Å². The number of pyridine rings is 1. The van der Waals surface area contributed by atoms with Crippen LogP contribution in [-0.2, 0) is 16.6 Å². The molecule has 0 saturated heterocycles. The Morgan fingerprint density at radius 1 is 1.00 bits per heavy atom. The average Bonchev–Trinajstić information content (AvgIpc) is 2.69. The van der Waals surface area contributed by atoms with E-state index < -0.39 is 10.0 Å². The highest BCUT2D eigenvalue weighted by atomic mass is 32.2. The van der Waals surface area contributed by atoms with Gasteiger partial charge in [-0.25, -0.2) is 8.42 Å². The van der Waals surface area contributed by atoms with Crippen LogP contribution < -0.4 is 10.0 Å². The fourth-order valence-corrected chi connectivity index (χ4v) is 3.60. The van der Waals surface area contributed by atoms with Crippen molar-refractivity contribution in [2.45, 2.75) is 18.4 Å². The first kappa shape index (κ1) is 18.6. The molecule has 0 saturated carbocycles. The zero-order valence-electron chi connectivity index (χ0n) is 14.7. The summed E-state index contributed by atoms with van der Waals surface area (Å²) < 4.78 is 27.6. The number of aryl methyl sites for hydroxylation is 1. The number of benzene rings is 2. The third-order valence-corrected chi connectivity index (χ3v) is 5.38. The lowest BCUT2D eigenvalue weighted by molar-refractivity contribution is 0.0951. The zero-order valence-corrected chi connectivity index (χ0v) is 15.5. The van der Waals surface area contributed by atoms with Crippen LogP contribution in [0.25, 0.3) is 0 Å². The Kier molecular flexibility index (Phi) is 5.52. The first-order valence-electron chi connectivity index (χ1n) is 8.31. The number of aromatic nitrogens is 1. The second-order valence-corrected chi connectivity index (χ2v) is 7.67. The van der Waals surface area contributed by atoms with Gasteiger partial charge in [-0.05, 0) is 54.4 Å². The highest BCUT2D eigenvalue weighted by Crippen LogP contribution is 2.21. The molecule has 138 valence electrons. The Morgan fingerprint density at radius 2 is 1.70 bits per heavy atom. The van der Waals surface area contributed by atoms with E-state index in [4.69, 9.17) is 0 Å². The van der Waals surface area contributed by atoms with Crippen molar-refractivity contribution >= 4 is 21.6 Å². The number of hydrogen-bond acceptors (Lipinski definition) is 4. The summed E-state index contributed by atoms with van der Waals surface area (Å²) in [6.07, 6.45) is 3.31. The van der Waals surface area contributed by atoms with Gasteiger partial charge in [-0.3, -0.25) is 14.5 Å². The average molecular weight is 381 g/mol. The van der Waals surface area contributed by atoms with E-state index in [1.165, 1.54) is 18.2 Å². The van der Waals surface area contributed by atoms with E-state index in [9.17, 15) is 13.2 Å². The molecule has 6 nitrogen and oxygen atoms in total. The number of carbonyl (C=O) groups excluding carboxylic acids is 1. The Labute approximate surface area is 158 Å². The van der Waals surface area contributed by atoms with Gasteiger partial charge in [0.2, 0.25) is 0 Å². The molecule has 7 heteroatoms. The molecule has 27 heavy (non-hydrogen) atoms. The minimum atomic E-state index is -3.72. The van der Waals surface area contributed by atoms with Gasteiger partial charge in [0.1, 0.15) is 0 Å². The van der Waals surface area contributed by atoms with Gasteiger partial charge in [0.25, 0.3) is 15.9 Å². The molecule has 3 rings (SSSR count). The molecule has 2 aromatic carbocycles. The van der Waals surface area contributed by atoms with E-state index >= 15 is 0 Å². The number of sulfonamides is 1. The van der Waals surface area contributed by atoms with Crippen LogP contribution in [0.4, 0.5) is 5.69 Å². The number of nitrogens with one attached hydrogen (secondary N) is 2. The third-order valence-electron chi connectivity index (χ3n) is 4.00. The maximum absolute atomic E-state index is 12.5. The van der Waals surface area contributed by atoms with Crippen LogP contribution in [0.2, 0.25) is 0 Å². The molecule has 0 bridgehead atoms. The van der Waals surface area contributed by atoms with E-state index in [1.807, 2.05) is 12.1 Å². The first-order valence-corrected chi connectivity index (χ1v) is 9.80. The Morgan fingerprint density at radius 3 is 2.41 bits per heavy atom. The van der Waals surface area contributed by atoms with E-state index in [2.05, 4.69) is 15.0 Å². The number of nitrogens with zero attached hydrogens (tertiary/aromatic N) is 1. The van der Waals surface area contributed by atoms with Crippen LogP contribution in [0.5, 0.6) is 0 Å².